The molecule has 1 saturated heterocycles. The Kier molecular flexibility index (Phi) is 6.75. The smallest absolute Gasteiger partial charge is 0.246 e. The Balaban J connectivity index is 1.40. The van der Waals surface area contributed by atoms with Crippen LogP contribution in [-0.4, -0.2) is 60.9 Å². The van der Waals surface area contributed by atoms with E-state index in [4.69, 9.17) is 9.26 Å². The van der Waals surface area contributed by atoms with E-state index in [1.54, 1.807) is 56.6 Å². The lowest BCUT2D eigenvalue weighted by Crippen LogP contribution is -2.45. The van der Waals surface area contributed by atoms with Crippen LogP contribution in [0.5, 0.6) is 5.75 Å². The third kappa shape index (κ3) is 5.07. The molecule has 1 aliphatic rings. The highest BCUT2D eigenvalue weighted by Gasteiger charge is 2.34. The van der Waals surface area contributed by atoms with Gasteiger partial charge in [0.2, 0.25) is 27.6 Å². The van der Waals surface area contributed by atoms with Gasteiger partial charge < -0.3 is 14.2 Å². The molecule has 174 valence electrons. The molecule has 3 aromatic rings. The summed E-state index contributed by atoms with van der Waals surface area (Å²) in [6.07, 6.45) is 1.25. The van der Waals surface area contributed by atoms with Crippen LogP contribution in [-0.2, 0) is 21.4 Å². The van der Waals surface area contributed by atoms with Crippen molar-refractivity contribution < 1.29 is 22.5 Å². The highest BCUT2D eigenvalue weighted by molar-refractivity contribution is 7.89. The van der Waals surface area contributed by atoms with Gasteiger partial charge in [-0.1, -0.05) is 23.4 Å². The van der Waals surface area contributed by atoms with Gasteiger partial charge in [-0.05, 0) is 49.2 Å². The summed E-state index contributed by atoms with van der Waals surface area (Å²) < 4.78 is 37.8. The molecule has 9 nitrogen and oxygen atoms in total. The number of hydrogen-bond acceptors (Lipinski definition) is 7. The van der Waals surface area contributed by atoms with E-state index < -0.39 is 15.9 Å². The molecule has 10 heteroatoms. The maximum atomic E-state index is 13.1. The first kappa shape index (κ1) is 22.9. The Morgan fingerprint density at radius 2 is 1.91 bits per heavy atom. The van der Waals surface area contributed by atoms with Crippen molar-refractivity contribution in [1.82, 2.24) is 19.3 Å². The normalized spacial score (nSPS) is 17.0. The second-order valence-corrected chi connectivity index (χ2v) is 9.89. The van der Waals surface area contributed by atoms with Crippen molar-refractivity contribution in [2.75, 3.05) is 27.2 Å². The number of benzene rings is 2. The highest BCUT2D eigenvalue weighted by Crippen LogP contribution is 2.25. The van der Waals surface area contributed by atoms with Gasteiger partial charge in [0.15, 0.2) is 0 Å². The zero-order chi connectivity index (χ0) is 23.4. The van der Waals surface area contributed by atoms with Crippen LogP contribution in [0.25, 0.3) is 11.4 Å². The van der Waals surface area contributed by atoms with Crippen molar-refractivity contribution in [2.24, 2.45) is 5.92 Å². The number of hydrogen-bond donors (Lipinski definition) is 0. The predicted octanol–water partition coefficient (Wildman–Crippen LogP) is 2.80. The lowest BCUT2D eigenvalue weighted by Gasteiger charge is -2.33. The number of aromatic nitrogens is 2. The van der Waals surface area contributed by atoms with E-state index in [2.05, 4.69) is 10.1 Å². The van der Waals surface area contributed by atoms with Crippen LogP contribution < -0.4 is 4.74 Å². The van der Waals surface area contributed by atoms with Gasteiger partial charge in [0.25, 0.3) is 0 Å². The van der Waals surface area contributed by atoms with Gasteiger partial charge in [0, 0.05) is 25.7 Å². The summed E-state index contributed by atoms with van der Waals surface area (Å²) in [6.45, 7) is 0.699. The molecular weight excluding hydrogens is 444 g/mol. The van der Waals surface area contributed by atoms with Crippen LogP contribution in [0.2, 0.25) is 0 Å². The van der Waals surface area contributed by atoms with Crippen molar-refractivity contribution in [3.8, 4) is 17.1 Å². The zero-order valence-electron chi connectivity index (χ0n) is 18.5. The number of rotatable bonds is 7. The van der Waals surface area contributed by atoms with Crippen molar-refractivity contribution in [3.05, 3.63) is 60.5 Å². The highest BCUT2D eigenvalue weighted by atomic mass is 32.2. The molecule has 2 aromatic carbocycles. The molecule has 0 aliphatic carbocycles. The maximum absolute atomic E-state index is 13.1. The van der Waals surface area contributed by atoms with E-state index in [9.17, 15) is 13.2 Å². The largest absolute Gasteiger partial charge is 0.497 e. The Morgan fingerprint density at radius 3 is 2.61 bits per heavy atom. The van der Waals surface area contributed by atoms with Crippen molar-refractivity contribution in [3.63, 3.8) is 0 Å². The molecular formula is C23H26N4O5S. The van der Waals surface area contributed by atoms with E-state index >= 15 is 0 Å². The summed E-state index contributed by atoms with van der Waals surface area (Å²) in [5.41, 5.74) is 0.772. The Bertz CT molecular complexity index is 1200. The minimum absolute atomic E-state index is 0.143. The Labute approximate surface area is 193 Å². The molecule has 1 atom stereocenters. The summed E-state index contributed by atoms with van der Waals surface area (Å²) >= 11 is 0. The molecule has 1 amide bonds. The number of sulfonamides is 1. The number of amides is 1. The molecule has 1 aliphatic heterocycles. The van der Waals surface area contributed by atoms with Gasteiger partial charge in [-0.3, -0.25) is 4.79 Å². The predicted molar refractivity (Wildman–Crippen MR) is 121 cm³/mol. The van der Waals surface area contributed by atoms with Gasteiger partial charge >= 0.3 is 0 Å². The second-order valence-electron chi connectivity index (χ2n) is 7.95. The number of ether oxygens (including phenoxy) is 1. The SMILES string of the molecule is COc1ccc(-c2noc(CN(C)C(=O)[C@@H]3CCCN(S(=O)(=O)c4ccccc4)C3)n2)cc1. The fraction of sp³-hybridized carbons (Fsp3) is 0.348. The molecule has 0 bridgehead atoms. The topological polar surface area (TPSA) is 106 Å². The fourth-order valence-electron chi connectivity index (χ4n) is 3.87. The van der Waals surface area contributed by atoms with Gasteiger partial charge in [-0.15, -0.1) is 0 Å². The Morgan fingerprint density at radius 1 is 1.18 bits per heavy atom. The van der Waals surface area contributed by atoms with Crippen molar-refractivity contribution in [2.45, 2.75) is 24.3 Å². The maximum Gasteiger partial charge on any atom is 0.246 e. The Hall–Kier alpha value is -3.24. The quantitative estimate of drug-likeness (QED) is 0.523. The molecule has 1 fully saturated rings. The summed E-state index contributed by atoms with van der Waals surface area (Å²) in [5, 5.41) is 3.99. The van der Waals surface area contributed by atoms with Crippen molar-refractivity contribution >= 4 is 15.9 Å². The molecule has 1 aromatic heterocycles. The van der Waals surface area contributed by atoms with E-state index in [0.29, 0.717) is 31.1 Å². The van der Waals surface area contributed by atoms with Crippen LogP contribution >= 0.6 is 0 Å². The van der Waals surface area contributed by atoms with Gasteiger partial charge in [0.05, 0.1) is 24.5 Å². The summed E-state index contributed by atoms with van der Waals surface area (Å²) in [4.78, 5) is 19.2. The third-order valence-electron chi connectivity index (χ3n) is 5.68. The van der Waals surface area contributed by atoms with Gasteiger partial charge in [-0.2, -0.15) is 9.29 Å². The standard InChI is InChI=1S/C23H26N4O5S/c1-26(16-21-24-22(25-32-21)17-10-12-19(31-2)13-11-17)23(28)18-7-6-14-27(15-18)33(29,30)20-8-4-3-5-9-20/h3-5,8-13,18H,6-7,14-16H2,1-2H3/t18-/m1/s1. The first-order valence-electron chi connectivity index (χ1n) is 10.7. The molecule has 0 radical (unpaired) electrons. The molecule has 33 heavy (non-hydrogen) atoms. The van der Waals surface area contributed by atoms with E-state index in [0.717, 1.165) is 11.3 Å². The monoisotopic (exact) mass is 470 g/mol. The average Bonchev–Trinajstić information content (AvgIpc) is 3.32. The lowest BCUT2D eigenvalue weighted by molar-refractivity contribution is -0.136. The van der Waals surface area contributed by atoms with Gasteiger partial charge in [-0.25, -0.2) is 8.42 Å². The van der Waals surface area contributed by atoms with E-state index in [1.807, 2.05) is 12.1 Å². The minimum atomic E-state index is -3.63. The number of methoxy groups -OCH3 is 1. The van der Waals surface area contributed by atoms with E-state index in [1.165, 1.54) is 9.21 Å². The van der Waals surface area contributed by atoms with E-state index in [-0.39, 0.29) is 23.9 Å². The van der Waals surface area contributed by atoms with Gasteiger partial charge in [0.1, 0.15) is 5.75 Å². The summed E-state index contributed by atoms with van der Waals surface area (Å²) in [6, 6.07) is 15.6. The lowest BCUT2D eigenvalue weighted by atomic mass is 9.98. The first-order valence-corrected chi connectivity index (χ1v) is 12.1. The fourth-order valence-corrected chi connectivity index (χ4v) is 5.42. The minimum Gasteiger partial charge on any atom is -0.497 e. The zero-order valence-corrected chi connectivity index (χ0v) is 19.4. The average molecular weight is 471 g/mol. The van der Waals surface area contributed by atoms with Crippen LogP contribution in [0, 0.1) is 5.92 Å². The van der Waals surface area contributed by atoms with Crippen LogP contribution in [0.3, 0.4) is 0 Å². The molecule has 0 unspecified atom stereocenters. The van der Waals surface area contributed by atoms with Crippen LogP contribution in [0.15, 0.2) is 64.0 Å². The molecule has 0 saturated carbocycles. The number of carbonyl (C=O) groups excluding carboxylic acids is 1. The van der Waals surface area contributed by atoms with Crippen molar-refractivity contribution in [1.29, 1.82) is 0 Å². The number of nitrogens with zero attached hydrogens (tertiary/aromatic N) is 4. The molecule has 0 N–H and O–H groups in total. The van der Waals surface area contributed by atoms with Crippen LogP contribution in [0.1, 0.15) is 18.7 Å². The molecule has 4 rings (SSSR count). The number of piperidine rings is 1. The first-order chi connectivity index (χ1) is 15.9. The molecule has 0 spiro atoms. The summed E-state index contributed by atoms with van der Waals surface area (Å²) in [5.74, 6) is 0.884. The summed E-state index contributed by atoms with van der Waals surface area (Å²) in [7, 11) is -0.381. The van der Waals surface area contributed by atoms with Crippen LogP contribution in [0.4, 0.5) is 0 Å². The number of carbonyl (C=O) groups is 1. The third-order valence-corrected chi connectivity index (χ3v) is 7.56. The molecule has 2 heterocycles. The second kappa shape index (κ2) is 9.72.